The van der Waals surface area contributed by atoms with Crippen LogP contribution < -0.4 is 0 Å². The topological polar surface area (TPSA) is 69.6 Å². The minimum Gasteiger partial charge on any atom is -0.454 e. The third-order valence-corrected chi connectivity index (χ3v) is 6.78. The van der Waals surface area contributed by atoms with E-state index >= 15 is 0 Å². The zero-order valence-electron chi connectivity index (χ0n) is 19.0. The molecule has 8 rings (SSSR count). The Balaban J connectivity index is 1.51. The molecule has 6 nitrogen and oxygen atoms in total. The SMILES string of the molecule is c1ccc(-c2ccnc(-n3c4ccccc4c4ccc5c6cc7nccnc7cc6oc5c43)n2)cc1. The number of aromatic nitrogens is 5. The van der Waals surface area contributed by atoms with E-state index in [0.29, 0.717) is 5.95 Å². The van der Waals surface area contributed by atoms with Crippen molar-refractivity contribution in [1.29, 1.82) is 0 Å². The van der Waals surface area contributed by atoms with Crippen LogP contribution in [0.5, 0.6) is 0 Å². The van der Waals surface area contributed by atoms with E-state index in [4.69, 9.17) is 14.4 Å². The summed E-state index contributed by atoms with van der Waals surface area (Å²) in [4.78, 5) is 18.6. The fourth-order valence-corrected chi connectivity index (χ4v) is 5.17. The van der Waals surface area contributed by atoms with Crippen LogP contribution in [0.3, 0.4) is 0 Å². The lowest BCUT2D eigenvalue weighted by atomic mass is 10.1. The van der Waals surface area contributed by atoms with Gasteiger partial charge >= 0.3 is 0 Å². The highest BCUT2D eigenvalue weighted by molar-refractivity contribution is 6.22. The molecule has 0 bridgehead atoms. The van der Waals surface area contributed by atoms with Crippen molar-refractivity contribution in [3.05, 3.63) is 104 Å². The quantitative estimate of drug-likeness (QED) is 0.274. The predicted octanol–water partition coefficient (Wildman–Crippen LogP) is 7.08. The Morgan fingerprint density at radius 3 is 2.28 bits per heavy atom. The van der Waals surface area contributed by atoms with Gasteiger partial charge in [0.05, 0.1) is 22.2 Å². The first-order chi connectivity index (χ1) is 17.8. The minimum absolute atomic E-state index is 0.601. The molecule has 0 aliphatic heterocycles. The van der Waals surface area contributed by atoms with Gasteiger partial charge in [-0.1, -0.05) is 54.6 Å². The molecule has 0 amide bonds. The molecule has 0 saturated heterocycles. The summed E-state index contributed by atoms with van der Waals surface area (Å²) in [5, 5.41) is 4.24. The second-order valence-corrected chi connectivity index (χ2v) is 8.79. The molecule has 0 N–H and O–H groups in total. The number of benzene rings is 4. The summed E-state index contributed by atoms with van der Waals surface area (Å²) < 4.78 is 8.65. The normalized spacial score (nSPS) is 11.9. The van der Waals surface area contributed by atoms with Gasteiger partial charge < -0.3 is 4.42 Å². The van der Waals surface area contributed by atoms with Gasteiger partial charge in [-0.2, -0.15) is 0 Å². The zero-order chi connectivity index (χ0) is 23.6. The molecular weight excluding hydrogens is 446 g/mol. The Hall–Kier alpha value is -5.10. The summed E-state index contributed by atoms with van der Waals surface area (Å²) in [5.74, 6) is 0.601. The Labute approximate surface area is 204 Å². The summed E-state index contributed by atoms with van der Waals surface area (Å²) in [6.45, 7) is 0. The van der Waals surface area contributed by atoms with Crippen molar-refractivity contribution in [2.75, 3.05) is 0 Å². The third-order valence-electron chi connectivity index (χ3n) is 6.78. The molecule has 6 heteroatoms. The molecule has 0 aliphatic rings. The molecule has 8 aromatic rings. The van der Waals surface area contributed by atoms with E-state index in [0.717, 1.165) is 66.0 Å². The number of fused-ring (bicyclic) bond motifs is 8. The van der Waals surface area contributed by atoms with E-state index in [9.17, 15) is 0 Å². The number of hydrogen-bond acceptors (Lipinski definition) is 5. The number of nitrogens with zero attached hydrogens (tertiary/aromatic N) is 5. The highest BCUT2D eigenvalue weighted by atomic mass is 16.3. The van der Waals surface area contributed by atoms with Crippen LogP contribution in [-0.2, 0) is 0 Å². The van der Waals surface area contributed by atoms with E-state index < -0.39 is 0 Å². The third kappa shape index (κ3) is 2.66. The molecule has 0 spiro atoms. The van der Waals surface area contributed by atoms with Gasteiger partial charge in [-0.25, -0.2) is 9.97 Å². The maximum absolute atomic E-state index is 6.54. The summed E-state index contributed by atoms with van der Waals surface area (Å²) in [6, 6.07) is 28.7. The summed E-state index contributed by atoms with van der Waals surface area (Å²) in [7, 11) is 0. The van der Waals surface area contributed by atoms with E-state index in [1.807, 2.05) is 42.6 Å². The summed E-state index contributed by atoms with van der Waals surface area (Å²) >= 11 is 0. The first kappa shape index (κ1) is 19.2. The highest BCUT2D eigenvalue weighted by Crippen LogP contribution is 2.40. The molecule has 168 valence electrons. The van der Waals surface area contributed by atoms with Gasteiger partial charge in [-0.15, -0.1) is 0 Å². The molecule has 36 heavy (non-hydrogen) atoms. The van der Waals surface area contributed by atoms with Crippen LogP contribution in [0.4, 0.5) is 0 Å². The summed E-state index contributed by atoms with van der Waals surface area (Å²) in [6.07, 6.45) is 5.22. The monoisotopic (exact) mass is 463 g/mol. The standard InChI is InChI=1S/C30H17N5O/c1-2-6-18(7-3-1)23-12-13-33-30(34-23)35-26-9-5-4-8-19(26)20-10-11-21-22-16-24-25(32-15-14-31-24)17-27(22)36-29(21)28(20)35/h1-17H. The smallest absolute Gasteiger partial charge is 0.235 e. The van der Waals surface area contributed by atoms with Crippen LogP contribution in [0.15, 0.2) is 108 Å². The van der Waals surface area contributed by atoms with Crippen molar-refractivity contribution < 1.29 is 4.42 Å². The molecule has 0 atom stereocenters. The molecule has 0 aliphatic carbocycles. The van der Waals surface area contributed by atoms with E-state index in [2.05, 4.69) is 63.1 Å². The van der Waals surface area contributed by atoms with Gasteiger partial charge in [-0.3, -0.25) is 14.5 Å². The Morgan fingerprint density at radius 2 is 1.39 bits per heavy atom. The van der Waals surface area contributed by atoms with Crippen LogP contribution in [0.1, 0.15) is 0 Å². The van der Waals surface area contributed by atoms with Crippen molar-refractivity contribution >= 4 is 54.8 Å². The van der Waals surface area contributed by atoms with Crippen molar-refractivity contribution in [2.45, 2.75) is 0 Å². The number of furan rings is 1. The van der Waals surface area contributed by atoms with Crippen LogP contribution in [0.25, 0.3) is 72.0 Å². The molecule has 0 fully saturated rings. The maximum atomic E-state index is 6.54. The Kier molecular flexibility index (Phi) is 3.85. The fraction of sp³-hybridized carbons (Fsp3) is 0. The fourth-order valence-electron chi connectivity index (χ4n) is 5.17. The van der Waals surface area contributed by atoms with Crippen LogP contribution in [-0.4, -0.2) is 24.5 Å². The van der Waals surface area contributed by atoms with Gasteiger partial charge in [0.1, 0.15) is 11.1 Å². The molecule has 0 unspecified atom stereocenters. The number of rotatable bonds is 2. The van der Waals surface area contributed by atoms with Crippen molar-refractivity contribution in [3.63, 3.8) is 0 Å². The van der Waals surface area contributed by atoms with Crippen LogP contribution in [0, 0.1) is 0 Å². The second kappa shape index (κ2) is 7.20. The lowest BCUT2D eigenvalue weighted by molar-refractivity contribution is 0.671. The average Bonchev–Trinajstić information content (AvgIpc) is 3.47. The lowest BCUT2D eigenvalue weighted by Crippen LogP contribution is -2.01. The largest absolute Gasteiger partial charge is 0.454 e. The van der Waals surface area contributed by atoms with Crippen LogP contribution >= 0.6 is 0 Å². The maximum Gasteiger partial charge on any atom is 0.235 e. The zero-order valence-corrected chi connectivity index (χ0v) is 19.0. The Bertz CT molecular complexity index is 2110. The molecule has 0 radical (unpaired) electrons. The highest BCUT2D eigenvalue weighted by Gasteiger charge is 2.20. The van der Waals surface area contributed by atoms with Gasteiger partial charge in [0.25, 0.3) is 0 Å². The molecule has 4 heterocycles. The predicted molar refractivity (Wildman–Crippen MR) is 142 cm³/mol. The van der Waals surface area contributed by atoms with Gasteiger partial charge in [0.15, 0.2) is 5.58 Å². The van der Waals surface area contributed by atoms with Crippen molar-refractivity contribution in [1.82, 2.24) is 24.5 Å². The van der Waals surface area contributed by atoms with Gasteiger partial charge in [0.2, 0.25) is 5.95 Å². The van der Waals surface area contributed by atoms with Gasteiger partial charge in [0, 0.05) is 51.8 Å². The van der Waals surface area contributed by atoms with Crippen molar-refractivity contribution in [2.24, 2.45) is 0 Å². The van der Waals surface area contributed by atoms with E-state index in [-0.39, 0.29) is 0 Å². The lowest BCUT2D eigenvalue weighted by Gasteiger charge is -2.08. The van der Waals surface area contributed by atoms with E-state index in [1.165, 1.54) is 0 Å². The first-order valence-electron chi connectivity index (χ1n) is 11.7. The average molecular weight is 464 g/mol. The van der Waals surface area contributed by atoms with Crippen LogP contribution in [0.2, 0.25) is 0 Å². The molecule has 0 saturated carbocycles. The molecule has 4 aromatic heterocycles. The van der Waals surface area contributed by atoms with Gasteiger partial charge in [-0.05, 0) is 24.3 Å². The molecular formula is C30H17N5O. The first-order valence-corrected chi connectivity index (χ1v) is 11.7. The van der Waals surface area contributed by atoms with E-state index in [1.54, 1.807) is 12.4 Å². The number of para-hydroxylation sites is 1. The minimum atomic E-state index is 0.601. The molecule has 4 aromatic carbocycles. The number of hydrogen-bond donors (Lipinski definition) is 0. The summed E-state index contributed by atoms with van der Waals surface area (Å²) in [5.41, 5.74) is 7.10. The Morgan fingerprint density at radius 1 is 0.611 bits per heavy atom. The second-order valence-electron chi connectivity index (χ2n) is 8.79. The van der Waals surface area contributed by atoms with Crippen molar-refractivity contribution in [3.8, 4) is 17.2 Å².